The van der Waals surface area contributed by atoms with E-state index in [1.54, 1.807) is 0 Å². The van der Waals surface area contributed by atoms with E-state index < -0.39 is 0 Å². The van der Waals surface area contributed by atoms with Crippen molar-refractivity contribution in [1.82, 2.24) is 10.1 Å². The van der Waals surface area contributed by atoms with Gasteiger partial charge in [-0.2, -0.15) is 10.1 Å². The largest absolute Gasteiger partial charge is 0.312 e. The summed E-state index contributed by atoms with van der Waals surface area (Å²) >= 11 is 0. The lowest BCUT2D eigenvalue weighted by Crippen LogP contribution is -2.49. The Balaban J connectivity index is 2.21. The normalized spacial score (nSPS) is 44.8. The number of nitrogens with zero attached hydrogens (tertiary/aromatic N) is 2. The summed E-state index contributed by atoms with van der Waals surface area (Å²) < 4.78 is 0. The van der Waals surface area contributed by atoms with E-state index >= 15 is 0 Å². The van der Waals surface area contributed by atoms with Gasteiger partial charge in [0.05, 0.1) is 11.6 Å². The van der Waals surface area contributed by atoms with Crippen LogP contribution in [0.4, 0.5) is 0 Å². The first-order valence-corrected chi connectivity index (χ1v) is 4.56. The highest BCUT2D eigenvalue weighted by Crippen LogP contribution is 2.39. The van der Waals surface area contributed by atoms with Crippen molar-refractivity contribution in [3.8, 4) is 0 Å². The summed E-state index contributed by atoms with van der Waals surface area (Å²) in [5.74, 6) is 0. The summed E-state index contributed by atoms with van der Waals surface area (Å²) in [6.07, 6.45) is 4.28. The number of hydroxylamine groups is 4. The number of fused-ring (bicyclic) bond motifs is 1. The van der Waals surface area contributed by atoms with Gasteiger partial charge in [-0.05, 0) is 19.8 Å². The molecule has 4 nitrogen and oxygen atoms in total. The van der Waals surface area contributed by atoms with Crippen LogP contribution >= 0.6 is 0 Å². The molecule has 0 spiro atoms. The highest BCUT2D eigenvalue weighted by atomic mass is 16.6. The smallest absolute Gasteiger partial charge is 0.101 e. The van der Waals surface area contributed by atoms with Gasteiger partial charge in [-0.25, -0.2) is 0 Å². The third kappa shape index (κ3) is 0.992. The molecule has 0 radical (unpaired) electrons. The van der Waals surface area contributed by atoms with Crippen LogP contribution in [0.2, 0.25) is 0 Å². The maximum absolute atomic E-state index is 9.59. The third-order valence-electron chi connectivity index (χ3n) is 3.36. The Kier molecular flexibility index (Phi) is 1.88. The first kappa shape index (κ1) is 8.44. The lowest BCUT2D eigenvalue weighted by Gasteiger charge is -2.38. The fourth-order valence-electron chi connectivity index (χ4n) is 2.47. The van der Waals surface area contributed by atoms with E-state index in [0.29, 0.717) is 0 Å². The number of rotatable bonds is 0. The standard InChI is InChI=1S/C8H16N2O2/c1-8-5-3-2-4-7(8)9(11)6-10(8)12/h7,11-12H,2-6H2,1H3/t7-,8+/m0/s1. The van der Waals surface area contributed by atoms with Crippen molar-refractivity contribution in [2.24, 2.45) is 0 Å². The summed E-state index contributed by atoms with van der Waals surface area (Å²) in [6.45, 7) is 2.29. The molecule has 12 heavy (non-hydrogen) atoms. The van der Waals surface area contributed by atoms with Gasteiger partial charge in [-0.1, -0.05) is 12.8 Å². The third-order valence-corrected chi connectivity index (χ3v) is 3.36. The molecule has 2 N–H and O–H groups in total. The highest BCUT2D eigenvalue weighted by molar-refractivity contribution is 5.00. The van der Waals surface area contributed by atoms with Crippen molar-refractivity contribution in [2.75, 3.05) is 6.67 Å². The van der Waals surface area contributed by atoms with Crippen molar-refractivity contribution in [3.63, 3.8) is 0 Å². The molecule has 0 unspecified atom stereocenters. The van der Waals surface area contributed by atoms with Crippen molar-refractivity contribution >= 4 is 0 Å². The molecule has 2 aliphatic rings. The first-order valence-electron chi connectivity index (χ1n) is 4.56. The fraction of sp³-hybridized carbons (Fsp3) is 1.00. The average Bonchev–Trinajstić information content (AvgIpc) is 2.25. The second-order valence-electron chi connectivity index (χ2n) is 4.10. The minimum atomic E-state index is -0.215. The molecule has 70 valence electrons. The van der Waals surface area contributed by atoms with E-state index in [-0.39, 0.29) is 18.2 Å². The van der Waals surface area contributed by atoms with Gasteiger partial charge in [0.1, 0.15) is 6.67 Å². The topological polar surface area (TPSA) is 46.9 Å². The summed E-state index contributed by atoms with van der Waals surface area (Å²) in [7, 11) is 0. The SMILES string of the molecule is C[C@@]12CCCC[C@@H]1N(O)CN2O. The van der Waals surface area contributed by atoms with Crippen LogP contribution in [0, 0.1) is 0 Å². The zero-order valence-electron chi connectivity index (χ0n) is 7.40. The predicted molar refractivity (Wildman–Crippen MR) is 42.8 cm³/mol. The Bertz CT molecular complexity index is 188. The van der Waals surface area contributed by atoms with Gasteiger partial charge >= 0.3 is 0 Å². The zero-order valence-corrected chi connectivity index (χ0v) is 7.40. The molecule has 1 heterocycles. The van der Waals surface area contributed by atoms with Crippen molar-refractivity contribution in [2.45, 2.75) is 44.2 Å². The second-order valence-corrected chi connectivity index (χ2v) is 4.10. The van der Waals surface area contributed by atoms with Gasteiger partial charge in [0, 0.05) is 0 Å². The molecule has 2 atom stereocenters. The van der Waals surface area contributed by atoms with Gasteiger partial charge < -0.3 is 10.4 Å². The number of hydrogen-bond donors (Lipinski definition) is 2. The van der Waals surface area contributed by atoms with Gasteiger partial charge in [-0.15, -0.1) is 0 Å². The molecule has 2 fully saturated rings. The Morgan fingerprint density at radius 1 is 1.33 bits per heavy atom. The Morgan fingerprint density at radius 2 is 2.08 bits per heavy atom. The molecule has 0 aromatic rings. The van der Waals surface area contributed by atoms with E-state index in [0.717, 1.165) is 25.7 Å². The van der Waals surface area contributed by atoms with Crippen molar-refractivity contribution < 1.29 is 10.4 Å². The maximum atomic E-state index is 9.59. The lowest BCUT2D eigenvalue weighted by molar-refractivity contribution is -0.169. The minimum absolute atomic E-state index is 0.122. The summed E-state index contributed by atoms with van der Waals surface area (Å²) in [5, 5.41) is 21.6. The van der Waals surface area contributed by atoms with Gasteiger partial charge in [0.2, 0.25) is 0 Å². The van der Waals surface area contributed by atoms with E-state index in [4.69, 9.17) is 0 Å². The zero-order chi connectivity index (χ0) is 8.77. The molecule has 1 aliphatic heterocycles. The van der Waals surface area contributed by atoms with Crippen LogP contribution in [-0.4, -0.2) is 38.8 Å². The van der Waals surface area contributed by atoms with E-state index in [1.165, 1.54) is 10.1 Å². The Labute approximate surface area is 72.3 Å². The van der Waals surface area contributed by atoms with E-state index in [1.807, 2.05) is 6.92 Å². The van der Waals surface area contributed by atoms with Crippen LogP contribution in [-0.2, 0) is 0 Å². The highest BCUT2D eigenvalue weighted by Gasteiger charge is 2.50. The molecular weight excluding hydrogens is 156 g/mol. The van der Waals surface area contributed by atoms with Gasteiger partial charge in [0.25, 0.3) is 0 Å². The molecule has 1 saturated carbocycles. The molecule has 2 rings (SSSR count). The quantitative estimate of drug-likeness (QED) is 0.573. The van der Waals surface area contributed by atoms with Crippen molar-refractivity contribution in [3.05, 3.63) is 0 Å². The summed E-state index contributed by atoms with van der Waals surface area (Å²) in [4.78, 5) is 0. The molecule has 1 aliphatic carbocycles. The first-order chi connectivity index (χ1) is 5.64. The molecule has 0 bridgehead atoms. The molecule has 1 saturated heterocycles. The van der Waals surface area contributed by atoms with Crippen LogP contribution in [0.1, 0.15) is 32.6 Å². The van der Waals surface area contributed by atoms with Crippen molar-refractivity contribution in [1.29, 1.82) is 0 Å². The van der Waals surface area contributed by atoms with Crippen LogP contribution in [0.25, 0.3) is 0 Å². The molecule has 0 amide bonds. The maximum Gasteiger partial charge on any atom is 0.101 e. The monoisotopic (exact) mass is 172 g/mol. The minimum Gasteiger partial charge on any atom is -0.312 e. The summed E-state index contributed by atoms with van der Waals surface area (Å²) in [5.41, 5.74) is -0.215. The summed E-state index contributed by atoms with van der Waals surface area (Å²) in [6, 6.07) is 0.122. The van der Waals surface area contributed by atoms with Gasteiger partial charge in [-0.3, -0.25) is 0 Å². The Morgan fingerprint density at radius 3 is 2.75 bits per heavy atom. The average molecular weight is 172 g/mol. The Hall–Kier alpha value is -0.160. The number of hydrogen-bond acceptors (Lipinski definition) is 4. The van der Waals surface area contributed by atoms with Crippen LogP contribution < -0.4 is 0 Å². The molecule has 4 heteroatoms. The molecule has 0 aromatic carbocycles. The van der Waals surface area contributed by atoms with E-state index in [9.17, 15) is 10.4 Å². The van der Waals surface area contributed by atoms with Crippen LogP contribution in [0.5, 0.6) is 0 Å². The van der Waals surface area contributed by atoms with E-state index in [2.05, 4.69) is 0 Å². The van der Waals surface area contributed by atoms with Gasteiger partial charge in [0.15, 0.2) is 0 Å². The van der Waals surface area contributed by atoms with Crippen LogP contribution in [0.3, 0.4) is 0 Å². The second kappa shape index (κ2) is 2.67. The lowest BCUT2D eigenvalue weighted by atomic mass is 9.80. The molecular formula is C8H16N2O2. The molecule has 0 aromatic heterocycles. The fourth-order valence-corrected chi connectivity index (χ4v) is 2.47. The predicted octanol–water partition coefficient (Wildman–Crippen LogP) is 1.04. The van der Waals surface area contributed by atoms with Crippen LogP contribution in [0.15, 0.2) is 0 Å².